The van der Waals surface area contributed by atoms with Gasteiger partial charge in [-0.2, -0.15) is 0 Å². The van der Waals surface area contributed by atoms with Crippen molar-refractivity contribution in [1.82, 2.24) is 15.6 Å². The molecule has 1 saturated carbocycles. The van der Waals surface area contributed by atoms with Crippen molar-refractivity contribution in [1.29, 1.82) is 0 Å². The molecule has 9 heteroatoms. The Morgan fingerprint density at radius 2 is 1.60 bits per heavy atom. The Balaban J connectivity index is 1.52. The molecule has 1 aliphatic carbocycles. The predicted octanol–water partition coefficient (Wildman–Crippen LogP) is 3.99. The number of pyridine rings is 1. The minimum absolute atomic E-state index is 0.0636. The summed E-state index contributed by atoms with van der Waals surface area (Å²) in [6.07, 6.45) is 11.7. The normalized spacial score (nSPS) is 17.5. The number of carboxylic acid groups (broad SMARTS) is 1. The summed E-state index contributed by atoms with van der Waals surface area (Å²) in [5.74, 6) is 0.101. The highest BCUT2D eigenvalue weighted by atomic mass is 16.5. The SMILES string of the molecule is NCC1CCC(C(=O)N[C@@H](Cc2ccc(OCc3ccncc3)cc2)C(=O)NCCCCCCCC(=O)O)CC1. The molecule has 0 unspecified atom stereocenters. The summed E-state index contributed by atoms with van der Waals surface area (Å²) in [7, 11) is 0. The number of aromatic nitrogens is 1. The van der Waals surface area contributed by atoms with Gasteiger partial charge in [0, 0.05) is 37.7 Å². The van der Waals surface area contributed by atoms with E-state index in [1.165, 1.54) is 0 Å². The van der Waals surface area contributed by atoms with Gasteiger partial charge >= 0.3 is 5.97 Å². The highest BCUT2D eigenvalue weighted by Gasteiger charge is 2.29. The molecule has 2 aromatic rings. The van der Waals surface area contributed by atoms with Gasteiger partial charge in [0.2, 0.25) is 11.8 Å². The Labute approximate surface area is 237 Å². The molecule has 40 heavy (non-hydrogen) atoms. The summed E-state index contributed by atoms with van der Waals surface area (Å²) in [4.78, 5) is 40.9. The Kier molecular flexibility index (Phi) is 13.4. The molecule has 9 nitrogen and oxygen atoms in total. The summed E-state index contributed by atoms with van der Waals surface area (Å²) in [5.41, 5.74) is 7.77. The molecule has 0 bridgehead atoms. The molecule has 0 radical (unpaired) electrons. The van der Waals surface area contributed by atoms with Crippen LogP contribution in [0.15, 0.2) is 48.8 Å². The summed E-state index contributed by atoms with van der Waals surface area (Å²) >= 11 is 0. The zero-order chi connectivity index (χ0) is 28.6. The third-order valence-corrected chi connectivity index (χ3v) is 7.57. The van der Waals surface area contributed by atoms with Crippen molar-refractivity contribution in [2.45, 2.75) is 83.3 Å². The second-order valence-corrected chi connectivity index (χ2v) is 10.7. The fraction of sp³-hybridized carbons (Fsp3) is 0.548. The Hall–Kier alpha value is -3.46. The Morgan fingerprint density at radius 1 is 0.925 bits per heavy atom. The van der Waals surface area contributed by atoms with Crippen molar-refractivity contribution in [2.24, 2.45) is 17.6 Å². The Morgan fingerprint density at radius 3 is 2.27 bits per heavy atom. The number of unbranched alkanes of at least 4 members (excludes halogenated alkanes) is 4. The van der Waals surface area contributed by atoms with Crippen molar-refractivity contribution in [3.8, 4) is 5.75 Å². The van der Waals surface area contributed by atoms with Crippen LogP contribution in [0.25, 0.3) is 0 Å². The topological polar surface area (TPSA) is 144 Å². The van der Waals surface area contributed by atoms with Crippen LogP contribution in [0.2, 0.25) is 0 Å². The van der Waals surface area contributed by atoms with E-state index in [1.54, 1.807) is 12.4 Å². The van der Waals surface area contributed by atoms with Crippen molar-refractivity contribution in [3.63, 3.8) is 0 Å². The lowest BCUT2D eigenvalue weighted by Gasteiger charge is -2.28. The number of benzene rings is 1. The van der Waals surface area contributed by atoms with E-state index in [0.717, 1.165) is 68.2 Å². The van der Waals surface area contributed by atoms with Gasteiger partial charge in [-0.05, 0) is 86.4 Å². The molecule has 1 atom stereocenters. The quantitative estimate of drug-likeness (QED) is 0.217. The van der Waals surface area contributed by atoms with Crippen LogP contribution in [0.1, 0.15) is 75.3 Å². The molecule has 5 N–H and O–H groups in total. The molecule has 1 aromatic heterocycles. The van der Waals surface area contributed by atoms with Crippen LogP contribution in [0.3, 0.4) is 0 Å². The molecule has 0 saturated heterocycles. The zero-order valence-electron chi connectivity index (χ0n) is 23.4. The number of carboxylic acids is 1. The molecule has 1 aliphatic rings. The fourth-order valence-corrected chi connectivity index (χ4v) is 5.03. The van der Waals surface area contributed by atoms with Gasteiger partial charge in [-0.25, -0.2) is 0 Å². The molecule has 0 aliphatic heterocycles. The van der Waals surface area contributed by atoms with E-state index in [4.69, 9.17) is 15.6 Å². The number of rotatable bonds is 17. The minimum Gasteiger partial charge on any atom is -0.489 e. The smallest absolute Gasteiger partial charge is 0.303 e. The van der Waals surface area contributed by atoms with Gasteiger partial charge in [-0.3, -0.25) is 19.4 Å². The van der Waals surface area contributed by atoms with Crippen molar-refractivity contribution >= 4 is 17.8 Å². The molecular formula is C31H44N4O5. The van der Waals surface area contributed by atoms with E-state index < -0.39 is 12.0 Å². The maximum atomic E-state index is 13.2. The van der Waals surface area contributed by atoms with Crippen LogP contribution in [0, 0.1) is 11.8 Å². The van der Waals surface area contributed by atoms with E-state index in [9.17, 15) is 14.4 Å². The van der Waals surface area contributed by atoms with Gasteiger partial charge in [0.15, 0.2) is 0 Å². The lowest BCUT2D eigenvalue weighted by atomic mass is 9.81. The highest BCUT2D eigenvalue weighted by molar-refractivity contribution is 5.88. The first-order valence-corrected chi connectivity index (χ1v) is 14.5. The maximum absolute atomic E-state index is 13.2. The first-order valence-electron chi connectivity index (χ1n) is 14.5. The van der Waals surface area contributed by atoms with Gasteiger partial charge in [0.25, 0.3) is 0 Å². The molecular weight excluding hydrogens is 508 g/mol. The number of carbonyl (C=O) groups is 3. The molecule has 2 amide bonds. The number of hydrogen-bond donors (Lipinski definition) is 4. The van der Waals surface area contributed by atoms with Gasteiger partial charge in [-0.15, -0.1) is 0 Å². The standard InChI is InChI=1S/C31H44N4O5/c32-21-24-7-11-26(12-8-24)30(38)35-28(31(39)34-17-5-3-1-2-4-6-29(36)37)20-23-9-13-27(14-10-23)40-22-25-15-18-33-19-16-25/h9-10,13-16,18-19,24,26,28H,1-8,11-12,17,20-22,32H2,(H,34,39)(H,35,38)(H,36,37)/t24?,26?,28-/m0/s1. The molecule has 3 rings (SSSR count). The zero-order valence-corrected chi connectivity index (χ0v) is 23.4. The number of carbonyl (C=O) groups excluding carboxylic acids is 2. The van der Waals surface area contributed by atoms with Crippen molar-refractivity contribution in [2.75, 3.05) is 13.1 Å². The van der Waals surface area contributed by atoms with Crippen LogP contribution in [0.5, 0.6) is 5.75 Å². The average molecular weight is 553 g/mol. The number of nitrogens with one attached hydrogen (secondary N) is 2. The van der Waals surface area contributed by atoms with Crippen LogP contribution >= 0.6 is 0 Å². The average Bonchev–Trinajstić information content (AvgIpc) is 2.98. The number of amides is 2. The first-order chi connectivity index (χ1) is 19.4. The van der Waals surface area contributed by atoms with E-state index >= 15 is 0 Å². The maximum Gasteiger partial charge on any atom is 0.303 e. The molecule has 218 valence electrons. The lowest BCUT2D eigenvalue weighted by molar-refractivity contribution is -0.137. The number of aliphatic carboxylic acids is 1. The molecule has 1 heterocycles. The molecule has 0 spiro atoms. The van der Waals surface area contributed by atoms with Gasteiger partial charge in [0.1, 0.15) is 18.4 Å². The van der Waals surface area contributed by atoms with E-state index in [2.05, 4.69) is 15.6 Å². The number of nitrogens with two attached hydrogens (primary N) is 1. The van der Waals surface area contributed by atoms with Crippen LogP contribution < -0.4 is 21.1 Å². The van der Waals surface area contributed by atoms with Crippen LogP contribution in [-0.2, 0) is 27.4 Å². The van der Waals surface area contributed by atoms with Gasteiger partial charge in [-0.1, -0.05) is 31.4 Å². The van der Waals surface area contributed by atoms with E-state index in [0.29, 0.717) is 38.5 Å². The minimum atomic E-state index is -0.764. The van der Waals surface area contributed by atoms with E-state index in [1.807, 2.05) is 36.4 Å². The largest absolute Gasteiger partial charge is 0.489 e. The summed E-state index contributed by atoms with van der Waals surface area (Å²) < 4.78 is 5.86. The number of hydrogen-bond acceptors (Lipinski definition) is 6. The van der Waals surface area contributed by atoms with Gasteiger partial charge < -0.3 is 26.2 Å². The number of nitrogens with zero attached hydrogens (tertiary/aromatic N) is 1. The molecule has 1 fully saturated rings. The third kappa shape index (κ3) is 11.3. The predicted molar refractivity (Wildman–Crippen MR) is 153 cm³/mol. The second-order valence-electron chi connectivity index (χ2n) is 10.7. The van der Waals surface area contributed by atoms with Crippen LogP contribution in [0.4, 0.5) is 0 Å². The second kappa shape index (κ2) is 17.3. The lowest BCUT2D eigenvalue weighted by Crippen LogP contribution is -2.50. The Bertz CT molecular complexity index is 1040. The van der Waals surface area contributed by atoms with Crippen molar-refractivity contribution < 1.29 is 24.2 Å². The monoisotopic (exact) mass is 552 g/mol. The highest BCUT2D eigenvalue weighted by Crippen LogP contribution is 2.28. The van der Waals surface area contributed by atoms with Crippen LogP contribution in [-0.4, -0.2) is 47.0 Å². The third-order valence-electron chi connectivity index (χ3n) is 7.57. The first kappa shape index (κ1) is 31.1. The van der Waals surface area contributed by atoms with Crippen molar-refractivity contribution in [3.05, 3.63) is 59.9 Å². The van der Waals surface area contributed by atoms with E-state index in [-0.39, 0.29) is 24.2 Å². The molecule has 1 aromatic carbocycles. The summed E-state index contributed by atoms with van der Waals surface area (Å²) in [6, 6.07) is 10.8. The number of ether oxygens (including phenoxy) is 1. The van der Waals surface area contributed by atoms with Gasteiger partial charge in [0.05, 0.1) is 0 Å². The fourth-order valence-electron chi connectivity index (χ4n) is 5.03. The summed E-state index contributed by atoms with van der Waals surface area (Å²) in [6.45, 7) is 1.61. The summed E-state index contributed by atoms with van der Waals surface area (Å²) in [5, 5.41) is 14.8.